The number of aromatic nitrogens is 2. The highest BCUT2D eigenvalue weighted by Crippen LogP contribution is 2.24. The monoisotopic (exact) mass is 294 g/mol. The third kappa shape index (κ3) is 2.77. The van der Waals surface area contributed by atoms with Crippen molar-refractivity contribution in [3.63, 3.8) is 0 Å². The van der Waals surface area contributed by atoms with Crippen molar-refractivity contribution >= 4 is 21.4 Å². The molecular weight excluding hydrogens is 276 g/mol. The second-order valence-electron chi connectivity index (χ2n) is 4.37. The number of para-hydroxylation sites is 1. The minimum absolute atomic E-state index is 0.216. The highest BCUT2D eigenvalue weighted by atomic mass is 32.2. The van der Waals surface area contributed by atoms with Crippen LogP contribution in [0.25, 0.3) is 0 Å². The normalized spacial score (nSPS) is 11.3. The third-order valence-corrected chi connectivity index (χ3v) is 4.35. The molecular formula is C13H18N4O2S. The van der Waals surface area contributed by atoms with Crippen molar-refractivity contribution in [3.8, 4) is 0 Å². The Labute approximate surface area is 118 Å². The lowest BCUT2D eigenvalue weighted by molar-refractivity contribution is 0.601. The molecule has 0 bridgehead atoms. The van der Waals surface area contributed by atoms with Crippen LogP contribution < -0.4 is 10.0 Å². The zero-order chi connectivity index (χ0) is 14.8. The molecule has 0 amide bonds. The van der Waals surface area contributed by atoms with Gasteiger partial charge in [0.1, 0.15) is 4.90 Å². The van der Waals surface area contributed by atoms with Crippen molar-refractivity contribution in [2.24, 2.45) is 7.05 Å². The van der Waals surface area contributed by atoms with Crippen molar-refractivity contribution in [3.05, 3.63) is 36.2 Å². The van der Waals surface area contributed by atoms with Crippen molar-refractivity contribution in [1.29, 1.82) is 0 Å². The number of nitrogens with one attached hydrogen (secondary N) is 2. The molecule has 0 atom stereocenters. The zero-order valence-corrected chi connectivity index (χ0v) is 12.5. The molecule has 1 heterocycles. The molecule has 6 nitrogen and oxygen atoms in total. The lowest BCUT2D eigenvalue weighted by Crippen LogP contribution is -2.15. The van der Waals surface area contributed by atoms with Crippen LogP contribution in [0.1, 0.15) is 12.6 Å². The van der Waals surface area contributed by atoms with E-state index in [1.54, 1.807) is 49.2 Å². The average Bonchev–Trinajstić information content (AvgIpc) is 2.77. The minimum atomic E-state index is -3.64. The maximum Gasteiger partial charge on any atom is 0.264 e. The Morgan fingerprint density at radius 2 is 1.95 bits per heavy atom. The first-order valence-electron chi connectivity index (χ1n) is 6.30. The van der Waals surface area contributed by atoms with Gasteiger partial charge in [0.05, 0.1) is 17.1 Å². The second kappa shape index (κ2) is 5.54. The van der Waals surface area contributed by atoms with Crippen LogP contribution in [0.4, 0.5) is 11.4 Å². The minimum Gasteiger partial charge on any atom is -0.387 e. The van der Waals surface area contributed by atoms with Gasteiger partial charge in [0.2, 0.25) is 0 Å². The van der Waals surface area contributed by atoms with E-state index in [1.165, 1.54) is 0 Å². The van der Waals surface area contributed by atoms with Crippen LogP contribution in [0.5, 0.6) is 0 Å². The summed E-state index contributed by atoms with van der Waals surface area (Å²) in [6.07, 6.45) is 2.32. The van der Waals surface area contributed by atoms with Crippen LogP contribution in [0, 0.1) is 0 Å². The van der Waals surface area contributed by atoms with Gasteiger partial charge in [-0.1, -0.05) is 19.1 Å². The summed E-state index contributed by atoms with van der Waals surface area (Å²) in [5.41, 5.74) is 1.79. The summed E-state index contributed by atoms with van der Waals surface area (Å²) in [7, 11) is -0.188. The lowest BCUT2D eigenvalue weighted by Gasteiger charge is -2.11. The van der Waals surface area contributed by atoms with Gasteiger partial charge in [0.15, 0.2) is 0 Å². The van der Waals surface area contributed by atoms with Gasteiger partial charge in [-0.3, -0.25) is 9.40 Å². The van der Waals surface area contributed by atoms with Gasteiger partial charge in [-0.2, -0.15) is 5.10 Å². The molecule has 0 saturated heterocycles. The number of rotatable bonds is 5. The Bertz CT molecular complexity index is 707. The second-order valence-corrected chi connectivity index (χ2v) is 6.02. The standard InChI is InChI=1S/C13H18N4O2S/c1-4-10-12(9-17(3)15-10)16-20(18,19)13-8-6-5-7-11(13)14-2/h5-9,14,16H,4H2,1-3H3. The average molecular weight is 294 g/mol. The summed E-state index contributed by atoms with van der Waals surface area (Å²) in [5.74, 6) is 0. The molecule has 0 unspecified atom stereocenters. The summed E-state index contributed by atoms with van der Waals surface area (Å²) < 4.78 is 29.1. The Morgan fingerprint density at radius 1 is 1.25 bits per heavy atom. The van der Waals surface area contributed by atoms with Crippen molar-refractivity contribution in [2.45, 2.75) is 18.2 Å². The molecule has 2 aromatic rings. The van der Waals surface area contributed by atoms with Crippen molar-refractivity contribution < 1.29 is 8.42 Å². The predicted molar refractivity (Wildman–Crippen MR) is 79.4 cm³/mol. The largest absolute Gasteiger partial charge is 0.387 e. The van der Waals surface area contributed by atoms with Crippen LogP contribution >= 0.6 is 0 Å². The topological polar surface area (TPSA) is 76.0 Å². The molecule has 108 valence electrons. The summed E-state index contributed by atoms with van der Waals surface area (Å²) in [6.45, 7) is 1.93. The molecule has 2 N–H and O–H groups in total. The third-order valence-electron chi connectivity index (χ3n) is 2.93. The predicted octanol–water partition coefficient (Wildman–Crippen LogP) is 1.83. The maximum atomic E-state index is 12.5. The Kier molecular flexibility index (Phi) is 3.99. The Hall–Kier alpha value is -2.02. The molecule has 0 aliphatic carbocycles. The maximum absolute atomic E-state index is 12.5. The summed E-state index contributed by atoms with van der Waals surface area (Å²) in [4.78, 5) is 0.216. The van der Waals surface area contributed by atoms with Crippen LogP contribution in [0.3, 0.4) is 0 Å². The number of nitrogens with zero attached hydrogens (tertiary/aromatic N) is 2. The molecule has 20 heavy (non-hydrogen) atoms. The van der Waals surface area contributed by atoms with Gasteiger partial charge in [-0.15, -0.1) is 0 Å². The summed E-state index contributed by atoms with van der Waals surface area (Å²) >= 11 is 0. The van der Waals surface area contributed by atoms with Crippen LogP contribution in [0.2, 0.25) is 0 Å². The first-order chi connectivity index (χ1) is 9.47. The van der Waals surface area contributed by atoms with Crippen molar-refractivity contribution in [1.82, 2.24) is 9.78 Å². The molecule has 0 aliphatic heterocycles. The summed E-state index contributed by atoms with van der Waals surface area (Å²) in [6, 6.07) is 6.76. The number of hydrogen-bond acceptors (Lipinski definition) is 4. The molecule has 0 saturated carbocycles. The van der Waals surface area contributed by atoms with Crippen LogP contribution in [-0.4, -0.2) is 25.2 Å². The number of benzene rings is 1. The Balaban J connectivity index is 2.40. The molecule has 1 aromatic carbocycles. The van der Waals surface area contributed by atoms with E-state index in [-0.39, 0.29) is 4.90 Å². The van der Waals surface area contributed by atoms with Crippen molar-refractivity contribution in [2.75, 3.05) is 17.1 Å². The quantitative estimate of drug-likeness (QED) is 0.882. The molecule has 7 heteroatoms. The van der Waals surface area contributed by atoms with E-state index in [0.29, 0.717) is 17.8 Å². The van der Waals surface area contributed by atoms with E-state index < -0.39 is 10.0 Å². The first-order valence-corrected chi connectivity index (χ1v) is 7.78. The molecule has 0 fully saturated rings. The molecule has 1 aromatic heterocycles. The SMILES string of the molecule is CCc1nn(C)cc1NS(=O)(=O)c1ccccc1NC. The lowest BCUT2D eigenvalue weighted by atomic mass is 10.3. The van der Waals surface area contributed by atoms with Crippen LogP contribution in [0.15, 0.2) is 35.4 Å². The number of hydrogen-bond donors (Lipinski definition) is 2. The number of anilines is 2. The first kappa shape index (κ1) is 14.4. The van der Waals surface area contributed by atoms with E-state index >= 15 is 0 Å². The van der Waals surface area contributed by atoms with Crippen LogP contribution in [-0.2, 0) is 23.5 Å². The van der Waals surface area contributed by atoms with Gasteiger partial charge in [0, 0.05) is 20.3 Å². The fraction of sp³-hybridized carbons (Fsp3) is 0.308. The highest BCUT2D eigenvalue weighted by molar-refractivity contribution is 7.92. The zero-order valence-electron chi connectivity index (χ0n) is 11.7. The van der Waals surface area contributed by atoms with Gasteiger partial charge >= 0.3 is 0 Å². The van der Waals surface area contributed by atoms with E-state index in [0.717, 1.165) is 5.69 Å². The molecule has 0 aliphatic rings. The molecule has 0 spiro atoms. The van der Waals surface area contributed by atoms with E-state index in [4.69, 9.17) is 0 Å². The van der Waals surface area contributed by atoms with Gasteiger partial charge in [0.25, 0.3) is 10.0 Å². The summed E-state index contributed by atoms with van der Waals surface area (Å²) in [5, 5.41) is 7.10. The smallest absolute Gasteiger partial charge is 0.264 e. The Morgan fingerprint density at radius 3 is 2.60 bits per heavy atom. The number of aryl methyl sites for hydroxylation is 2. The molecule has 0 radical (unpaired) electrons. The van der Waals surface area contributed by atoms with E-state index in [1.807, 2.05) is 6.92 Å². The number of sulfonamides is 1. The fourth-order valence-electron chi connectivity index (χ4n) is 1.99. The molecule has 2 rings (SSSR count). The van der Waals surface area contributed by atoms with E-state index in [2.05, 4.69) is 15.1 Å². The fourth-order valence-corrected chi connectivity index (χ4v) is 3.28. The van der Waals surface area contributed by atoms with Gasteiger partial charge in [-0.25, -0.2) is 8.42 Å². The van der Waals surface area contributed by atoms with E-state index in [9.17, 15) is 8.42 Å². The van der Waals surface area contributed by atoms with Gasteiger partial charge in [-0.05, 0) is 18.6 Å². The highest BCUT2D eigenvalue weighted by Gasteiger charge is 2.20. The van der Waals surface area contributed by atoms with Gasteiger partial charge < -0.3 is 5.32 Å².